The summed E-state index contributed by atoms with van der Waals surface area (Å²) in [4.78, 5) is 18.8. The lowest BCUT2D eigenvalue weighted by Gasteiger charge is -2.13. The summed E-state index contributed by atoms with van der Waals surface area (Å²) in [5.41, 5.74) is 9.52. The lowest BCUT2D eigenvalue weighted by atomic mass is 9.99. The van der Waals surface area contributed by atoms with E-state index in [0.717, 1.165) is 33.2 Å². The third kappa shape index (κ3) is 4.39. The summed E-state index contributed by atoms with van der Waals surface area (Å²) in [5.74, 6) is 1.32. The predicted molar refractivity (Wildman–Crippen MR) is 127 cm³/mol. The van der Waals surface area contributed by atoms with Gasteiger partial charge in [-0.1, -0.05) is 23.7 Å². The zero-order valence-corrected chi connectivity index (χ0v) is 19.9. The number of nitrogens with one attached hydrogen (secondary N) is 1. The van der Waals surface area contributed by atoms with Gasteiger partial charge < -0.3 is 11.1 Å². The molecule has 0 saturated heterocycles. The van der Waals surface area contributed by atoms with Crippen molar-refractivity contribution >= 4 is 47.0 Å². The van der Waals surface area contributed by atoms with E-state index in [1.165, 1.54) is 4.88 Å². The van der Waals surface area contributed by atoms with Gasteiger partial charge in [-0.25, -0.2) is 0 Å². The summed E-state index contributed by atoms with van der Waals surface area (Å²) < 4.78 is 2.04. The highest BCUT2D eigenvalue weighted by Crippen LogP contribution is 2.39. The number of nitrogens with zero attached hydrogens (tertiary/aromatic N) is 4. The molecule has 3 heterocycles. The van der Waals surface area contributed by atoms with Crippen molar-refractivity contribution in [2.24, 2.45) is 10.7 Å². The fourth-order valence-corrected chi connectivity index (χ4v) is 4.93. The number of carbonyl (C=O) groups is 1. The van der Waals surface area contributed by atoms with Crippen molar-refractivity contribution < 1.29 is 4.79 Å². The molecule has 1 aliphatic heterocycles. The molecule has 1 atom stereocenters. The van der Waals surface area contributed by atoms with Crippen LogP contribution in [0.3, 0.4) is 0 Å². The minimum Gasteiger partial charge on any atom is -0.355 e. The minimum absolute atomic E-state index is 0. The summed E-state index contributed by atoms with van der Waals surface area (Å²) in [6.45, 7) is 6.94. The molecule has 1 unspecified atom stereocenters. The molecule has 10 heteroatoms. The van der Waals surface area contributed by atoms with E-state index in [0.29, 0.717) is 23.9 Å². The number of benzene rings is 1. The van der Waals surface area contributed by atoms with E-state index in [4.69, 9.17) is 22.3 Å². The highest BCUT2D eigenvalue weighted by atomic mass is 35.5. The van der Waals surface area contributed by atoms with Crippen molar-refractivity contribution in [2.75, 3.05) is 13.1 Å². The van der Waals surface area contributed by atoms with Crippen LogP contribution in [0.15, 0.2) is 29.3 Å². The molecule has 31 heavy (non-hydrogen) atoms. The Morgan fingerprint density at radius 1 is 1.23 bits per heavy atom. The largest absolute Gasteiger partial charge is 0.355 e. The number of aliphatic imine (C=N–C) groups is 1. The van der Waals surface area contributed by atoms with Crippen molar-refractivity contribution in [1.29, 1.82) is 0 Å². The van der Waals surface area contributed by atoms with Crippen LogP contribution in [0.1, 0.15) is 45.7 Å². The second-order valence-corrected chi connectivity index (χ2v) is 8.89. The van der Waals surface area contributed by atoms with E-state index < -0.39 is 6.04 Å². The first-order chi connectivity index (χ1) is 14.4. The Kier molecular flexibility index (Phi) is 7.16. The number of hydrogen-bond donors (Lipinski definition) is 2. The molecule has 3 N–H and O–H groups in total. The van der Waals surface area contributed by atoms with Crippen LogP contribution in [0.4, 0.5) is 0 Å². The Bertz CT molecular complexity index is 1140. The van der Waals surface area contributed by atoms with Crippen LogP contribution in [0, 0.1) is 20.8 Å². The van der Waals surface area contributed by atoms with Gasteiger partial charge in [-0.3, -0.25) is 14.4 Å². The quantitative estimate of drug-likeness (QED) is 0.583. The van der Waals surface area contributed by atoms with Gasteiger partial charge in [-0.05, 0) is 38.5 Å². The molecule has 0 fully saturated rings. The van der Waals surface area contributed by atoms with Crippen molar-refractivity contribution in [3.63, 3.8) is 0 Å². The number of halogens is 2. The summed E-state index contributed by atoms with van der Waals surface area (Å²) in [6.07, 6.45) is 0.169. The lowest BCUT2D eigenvalue weighted by Crippen LogP contribution is -2.30. The summed E-state index contributed by atoms with van der Waals surface area (Å²) in [6, 6.07) is 7.16. The second-order valence-electron chi connectivity index (χ2n) is 7.25. The Hall–Kier alpha value is -2.26. The predicted octanol–water partition coefficient (Wildman–Crippen LogP) is 3.69. The van der Waals surface area contributed by atoms with Gasteiger partial charge in [-0.2, -0.15) is 0 Å². The van der Waals surface area contributed by atoms with Crippen molar-refractivity contribution in [3.05, 3.63) is 62.5 Å². The van der Waals surface area contributed by atoms with Crippen LogP contribution >= 0.6 is 35.3 Å². The maximum atomic E-state index is 12.5. The van der Waals surface area contributed by atoms with Crippen LogP contribution in [-0.2, 0) is 4.79 Å². The Morgan fingerprint density at radius 2 is 1.94 bits per heavy atom. The number of fused-ring (bicyclic) bond motifs is 3. The number of aryl methyl sites for hydroxylation is 2. The van der Waals surface area contributed by atoms with Crippen molar-refractivity contribution in [1.82, 2.24) is 20.1 Å². The van der Waals surface area contributed by atoms with Gasteiger partial charge in [0, 0.05) is 34.1 Å². The van der Waals surface area contributed by atoms with E-state index in [1.54, 1.807) is 11.3 Å². The average Bonchev–Trinajstić information content (AvgIpc) is 3.19. The molecule has 0 spiro atoms. The van der Waals surface area contributed by atoms with Gasteiger partial charge in [-0.15, -0.1) is 33.9 Å². The minimum atomic E-state index is -0.464. The molecule has 1 aromatic carbocycles. The van der Waals surface area contributed by atoms with E-state index in [-0.39, 0.29) is 24.7 Å². The number of rotatable bonds is 5. The zero-order valence-electron chi connectivity index (χ0n) is 17.5. The monoisotopic (exact) mass is 478 g/mol. The number of thiophene rings is 1. The summed E-state index contributed by atoms with van der Waals surface area (Å²) >= 11 is 7.80. The molecule has 4 rings (SSSR count). The fourth-order valence-electron chi connectivity index (χ4n) is 3.59. The van der Waals surface area contributed by atoms with Gasteiger partial charge >= 0.3 is 0 Å². The highest BCUT2D eigenvalue weighted by Gasteiger charge is 2.32. The Morgan fingerprint density at radius 3 is 2.61 bits per heavy atom. The van der Waals surface area contributed by atoms with Crippen LogP contribution in [-0.4, -0.2) is 39.5 Å². The zero-order chi connectivity index (χ0) is 21.4. The van der Waals surface area contributed by atoms with Crippen LogP contribution < -0.4 is 11.1 Å². The number of aromatic nitrogens is 3. The standard InChI is InChI=1S/C21H23ClN6OS.ClH/c1-11-12(2)30-21-18(11)19(14-4-6-15(22)7-5-14)25-16(10-17(29)24-9-8-23)20-27-26-13(3)28(20)21;/h4-7,16H,8-10,23H2,1-3H3,(H,24,29);1H. The summed E-state index contributed by atoms with van der Waals surface area (Å²) in [7, 11) is 0. The van der Waals surface area contributed by atoms with Crippen LogP contribution in [0.2, 0.25) is 5.02 Å². The number of nitrogens with two attached hydrogens (primary N) is 1. The van der Waals surface area contributed by atoms with Gasteiger partial charge in [0.05, 0.1) is 12.1 Å². The van der Waals surface area contributed by atoms with Crippen molar-refractivity contribution in [3.8, 4) is 5.00 Å². The molecule has 1 amide bonds. The molecule has 0 aliphatic carbocycles. The second kappa shape index (κ2) is 9.48. The number of carbonyl (C=O) groups excluding carboxylic acids is 1. The van der Waals surface area contributed by atoms with E-state index >= 15 is 0 Å². The fraction of sp³-hybridized carbons (Fsp3) is 0.333. The highest BCUT2D eigenvalue weighted by molar-refractivity contribution is 7.15. The third-order valence-corrected chi connectivity index (χ3v) is 6.65. The van der Waals surface area contributed by atoms with Crippen LogP contribution in [0.5, 0.6) is 0 Å². The smallest absolute Gasteiger partial charge is 0.222 e. The molecule has 164 valence electrons. The lowest BCUT2D eigenvalue weighted by molar-refractivity contribution is -0.121. The normalized spacial score (nSPS) is 14.7. The van der Waals surface area contributed by atoms with E-state index in [9.17, 15) is 4.79 Å². The molecular weight excluding hydrogens is 455 g/mol. The van der Waals surface area contributed by atoms with E-state index in [2.05, 4.69) is 29.4 Å². The third-order valence-electron chi connectivity index (χ3n) is 5.20. The maximum absolute atomic E-state index is 12.5. The first-order valence-electron chi connectivity index (χ1n) is 9.73. The van der Waals surface area contributed by atoms with Gasteiger partial charge in [0.2, 0.25) is 5.91 Å². The number of amides is 1. The maximum Gasteiger partial charge on any atom is 0.222 e. The Balaban J connectivity index is 0.00000272. The topological polar surface area (TPSA) is 98.2 Å². The molecule has 0 bridgehead atoms. The molecule has 0 saturated carbocycles. The van der Waals surface area contributed by atoms with Crippen molar-refractivity contribution in [2.45, 2.75) is 33.2 Å². The number of hydrogen-bond acceptors (Lipinski definition) is 6. The summed E-state index contributed by atoms with van der Waals surface area (Å²) in [5, 5.41) is 13.2. The molecule has 3 aromatic rings. The SMILES string of the molecule is Cc1sc2c(c1C)C(c1ccc(Cl)cc1)=NC(CC(=O)NCCN)c1nnc(C)n1-2.Cl. The molecule has 2 aromatic heterocycles. The van der Waals surface area contributed by atoms with Gasteiger partial charge in [0.1, 0.15) is 16.9 Å². The van der Waals surface area contributed by atoms with Gasteiger partial charge in [0.25, 0.3) is 0 Å². The molecular formula is C21H24Cl2N6OS. The molecule has 1 aliphatic rings. The Labute approximate surface area is 196 Å². The molecule has 7 nitrogen and oxygen atoms in total. The first-order valence-corrected chi connectivity index (χ1v) is 10.9. The van der Waals surface area contributed by atoms with Crippen LogP contribution in [0.25, 0.3) is 5.00 Å². The molecule has 0 radical (unpaired) electrons. The first kappa shape index (κ1) is 23.4. The average molecular weight is 479 g/mol. The van der Waals surface area contributed by atoms with E-state index in [1.807, 2.05) is 35.8 Å². The van der Waals surface area contributed by atoms with Gasteiger partial charge in [0.15, 0.2) is 5.82 Å².